The van der Waals surface area contributed by atoms with E-state index in [1.54, 1.807) is 20.8 Å². The molecule has 0 aromatic carbocycles. The molecule has 8 rings (SSSR count). The van der Waals surface area contributed by atoms with Gasteiger partial charge in [-0.05, 0) is 83.6 Å². The molecule has 5 fully saturated rings. The smallest absolute Gasteiger partial charge is 0.346 e. The average molecular weight is 941 g/mol. The van der Waals surface area contributed by atoms with Gasteiger partial charge in [0.15, 0.2) is 24.5 Å². The number of aliphatic hydroxyl groups is 5. The lowest BCUT2D eigenvalue weighted by Gasteiger charge is -2.56. The normalized spacial score (nSPS) is 49.5. The summed E-state index contributed by atoms with van der Waals surface area (Å²) in [5.41, 5.74) is -0.400. The van der Waals surface area contributed by atoms with Crippen molar-refractivity contribution in [3.05, 3.63) is 58.4 Å². The molecular formula is C52H76O15. The first-order valence-electron chi connectivity index (χ1n) is 24.7. The predicted molar refractivity (Wildman–Crippen MR) is 244 cm³/mol. The van der Waals surface area contributed by atoms with Crippen molar-refractivity contribution in [3.8, 4) is 0 Å². The molecule has 0 aromatic rings. The molecule has 1 saturated carbocycles. The average Bonchev–Trinajstić information content (AvgIpc) is 3.50. The van der Waals surface area contributed by atoms with Crippen LogP contribution in [0.15, 0.2) is 58.4 Å². The Kier molecular flexibility index (Phi) is 14.7. The van der Waals surface area contributed by atoms with Gasteiger partial charge in [0, 0.05) is 56.0 Å². The van der Waals surface area contributed by atoms with Gasteiger partial charge in [-0.1, -0.05) is 69.2 Å². The molecule has 5 N–H and O–H groups in total. The third kappa shape index (κ3) is 9.11. The molecule has 4 aliphatic carbocycles. The van der Waals surface area contributed by atoms with Crippen molar-refractivity contribution in [1.29, 1.82) is 0 Å². The number of carbonyl (C=O) groups is 2. The zero-order valence-electron chi connectivity index (χ0n) is 41.1. The number of methoxy groups -OCH3 is 1. The number of esters is 1. The Morgan fingerprint density at radius 3 is 1.96 bits per heavy atom. The molecule has 1 spiro atoms. The predicted octanol–water partition coefficient (Wildman–Crippen LogP) is 5.68. The number of allylic oxidation sites excluding steroid dienone is 4. The maximum absolute atomic E-state index is 15.0. The molecule has 8 aliphatic rings. The molecule has 0 radical (unpaired) electrons. The second-order valence-corrected chi connectivity index (χ2v) is 21.6. The van der Waals surface area contributed by atoms with E-state index in [1.807, 2.05) is 52.8 Å². The van der Waals surface area contributed by atoms with Crippen LogP contribution in [-0.4, -0.2) is 136 Å². The Morgan fingerprint density at radius 1 is 0.701 bits per heavy atom. The van der Waals surface area contributed by atoms with Crippen LogP contribution >= 0.6 is 0 Å². The van der Waals surface area contributed by atoms with Crippen LogP contribution in [0.3, 0.4) is 0 Å². The van der Waals surface area contributed by atoms with E-state index in [2.05, 4.69) is 26.0 Å². The zero-order chi connectivity index (χ0) is 48.6. The molecule has 374 valence electrons. The van der Waals surface area contributed by atoms with Crippen LogP contribution in [0.1, 0.15) is 108 Å². The SMILES string of the molecule is COC1C(O)CC(OC2C(O)CC(OC3CC(OC4C(C)CC(C)C5C4C=CC4C(C)=CCC(O)C(C)=CC6C=C(C)C(C)CC67OC(=O)C(=C(O)C45C)C7=O)OC(C)C3O)OC2C)OC1C. The number of ketones is 1. The Balaban J connectivity index is 1.04. The summed E-state index contributed by atoms with van der Waals surface area (Å²) >= 11 is 0. The number of carbonyl (C=O) groups excluding carboxylic acids is 2. The number of aliphatic hydroxyl groups excluding tert-OH is 5. The maximum atomic E-state index is 15.0. The van der Waals surface area contributed by atoms with Crippen LogP contribution in [0.4, 0.5) is 0 Å². The fraction of sp³-hybridized carbons (Fsp3) is 0.769. The Bertz CT molecular complexity index is 2000. The monoisotopic (exact) mass is 941 g/mol. The highest BCUT2D eigenvalue weighted by Gasteiger charge is 2.63. The molecule has 15 nitrogen and oxygen atoms in total. The number of hydrogen-bond acceptors (Lipinski definition) is 15. The van der Waals surface area contributed by atoms with Gasteiger partial charge in [0.1, 0.15) is 29.6 Å². The molecule has 4 aliphatic heterocycles. The van der Waals surface area contributed by atoms with Crippen molar-refractivity contribution < 1.29 is 73.0 Å². The van der Waals surface area contributed by atoms with E-state index in [1.165, 1.54) is 7.11 Å². The maximum Gasteiger partial charge on any atom is 0.346 e. The van der Waals surface area contributed by atoms with Gasteiger partial charge in [-0.3, -0.25) is 4.79 Å². The number of hydrogen-bond donors (Lipinski definition) is 5. The van der Waals surface area contributed by atoms with Crippen LogP contribution in [0, 0.1) is 46.8 Å². The van der Waals surface area contributed by atoms with E-state index >= 15 is 4.79 Å². The van der Waals surface area contributed by atoms with Crippen LogP contribution in [0.25, 0.3) is 0 Å². The molecular weight excluding hydrogens is 865 g/mol. The lowest BCUT2D eigenvalue weighted by atomic mass is 9.49. The summed E-state index contributed by atoms with van der Waals surface area (Å²) in [7, 11) is 1.52. The summed E-state index contributed by atoms with van der Waals surface area (Å²) in [6, 6.07) is 0. The molecule has 23 unspecified atom stereocenters. The fourth-order valence-corrected chi connectivity index (χ4v) is 13.3. The molecule has 67 heavy (non-hydrogen) atoms. The second-order valence-electron chi connectivity index (χ2n) is 21.6. The van der Waals surface area contributed by atoms with Crippen molar-refractivity contribution in [3.63, 3.8) is 0 Å². The van der Waals surface area contributed by atoms with E-state index in [4.69, 9.17) is 37.9 Å². The van der Waals surface area contributed by atoms with Gasteiger partial charge in [0.05, 0.1) is 48.8 Å². The summed E-state index contributed by atoms with van der Waals surface area (Å²) in [5.74, 6) is -3.36. The highest BCUT2D eigenvalue weighted by molar-refractivity contribution is 6.26. The van der Waals surface area contributed by atoms with Crippen molar-refractivity contribution in [2.24, 2.45) is 46.8 Å². The highest BCUT2D eigenvalue weighted by Crippen LogP contribution is 2.61. The lowest BCUT2D eigenvalue weighted by molar-refractivity contribution is -0.335. The Morgan fingerprint density at radius 2 is 1.30 bits per heavy atom. The largest absolute Gasteiger partial charge is 0.511 e. The van der Waals surface area contributed by atoms with Crippen LogP contribution < -0.4 is 0 Å². The molecule has 4 heterocycles. The number of Topliss-reactive ketones (excluding diaryl/α,β-unsaturated/α-hetero) is 1. The van der Waals surface area contributed by atoms with E-state index in [9.17, 15) is 30.3 Å². The summed E-state index contributed by atoms with van der Waals surface area (Å²) in [6.07, 6.45) is 1.40. The van der Waals surface area contributed by atoms with Gasteiger partial charge in [-0.25, -0.2) is 4.79 Å². The lowest BCUT2D eigenvalue weighted by Crippen LogP contribution is -2.57. The van der Waals surface area contributed by atoms with Gasteiger partial charge in [-0.15, -0.1) is 0 Å². The molecule has 0 amide bonds. The summed E-state index contributed by atoms with van der Waals surface area (Å²) in [4.78, 5) is 29.3. The number of ether oxygens (including phenoxy) is 8. The van der Waals surface area contributed by atoms with Crippen LogP contribution in [0.5, 0.6) is 0 Å². The molecule has 4 saturated heterocycles. The van der Waals surface area contributed by atoms with E-state index < -0.39 is 121 Å². The van der Waals surface area contributed by atoms with Gasteiger partial charge >= 0.3 is 5.97 Å². The van der Waals surface area contributed by atoms with E-state index in [0.29, 0.717) is 18.4 Å². The van der Waals surface area contributed by atoms with E-state index in [-0.39, 0.29) is 66.6 Å². The van der Waals surface area contributed by atoms with Crippen molar-refractivity contribution >= 4 is 11.8 Å². The minimum atomic E-state index is -1.56. The third-order valence-electron chi connectivity index (χ3n) is 17.1. The summed E-state index contributed by atoms with van der Waals surface area (Å²) in [6.45, 7) is 19.4. The first kappa shape index (κ1) is 50.6. The van der Waals surface area contributed by atoms with Gasteiger partial charge in [0.25, 0.3) is 0 Å². The van der Waals surface area contributed by atoms with Crippen molar-refractivity contribution in [2.45, 2.75) is 199 Å². The first-order valence-corrected chi connectivity index (χ1v) is 24.7. The van der Waals surface area contributed by atoms with E-state index in [0.717, 1.165) is 11.1 Å². The van der Waals surface area contributed by atoms with Crippen molar-refractivity contribution in [1.82, 2.24) is 0 Å². The molecule has 15 heteroatoms. The van der Waals surface area contributed by atoms with Crippen LogP contribution in [-0.2, 0) is 47.5 Å². The van der Waals surface area contributed by atoms with Crippen molar-refractivity contribution in [2.75, 3.05) is 7.11 Å². The Labute approximate surface area is 395 Å². The van der Waals surface area contributed by atoms with Gasteiger partial charge < -0.3 is 63.4 Å². The quantitative estimate of drug-likeness (QED) is 0.118. The third-order valence-corrected chi connectivity index (χ3v) is 17.1. The number of rotatable bonds is 7. The minimum absolute atomic E-state index is 0.00162. The topological polar surface area (TPSA) is 209 Å². The van der Waals surface area contributed by atoms with Crippen LogP contribution in [0.2, 0.25) is 0 Å². The molecule has 0 aromatic heterocycles. The Hall–Kier alpha value is -2.80. The standard InChI is InChI=1S/C52H76O15/c1-23-12-15-35(53)25(3)18-32-17-24(2)28(6)22-52(32)49(58)42(50(59)67-52)48(57)51(10)34(23)14-13-33-43(51)26(4)16-27(5)45(33)65-41-21-38(44(56)29(7)61-41)64-39-20-37(55)47(31(9)63-39)66-40-19-36(54)46(60-11)30(8)62-40/h12-14,17-18,26-41,43-47,53-57H,15-16,19-22H2,1-11H3. The zero-order valence-corrected chi connectivity index (χ0v) is 41.1. The highest BCUT2D eigenvalue weighted by atomic mass is 16.7. The molecule has 2 bridgehead atoms. The fourth-order valence-electron chi connectivity index (χ4n) is 13.3. The number of fused-ring (bicyclic) bond motifs is 4. The summed E-state index contributed by atoms with van der Waals surface area (Å²) in [5, 5.41) is 57.7. The first-order chi connectivity index (χ1) is 31.6. The van der Waals surface area contributed by atoms with Gasteiger partial charge in [0.2, 0.25) is 5.78 Å². The summed E-state index contributed by atoms with van der Waals surface area (Å²) < 4.78 is 49.7. The second kappa shape index (κ2) is 19.4. The minimum Gasteiger partial charge on any atom is -0.511 e. The van der Waals surface area contributed by atoms with Gasteiger partial charge in [-0.2, -0.15) is 0 Å². The molecule has 23 atom stereocenters.